The van der Waals surface area contributed by atoms with Crippen LogP contribution >= 0.6 is 0 Å². The van der Waals surface area contributed by atoms with Gasteiger partial charge in [-0.2, -0.15) is 0 Å². The van der Waals surface area contributed by atoms with Gasteiger partial charge in [0.15, 0.2) is 0 Å². The molecule has 1 N–H and O–H groups in total. The summed E-state index contributed by atoms with van der Waals surface area (Å²) >= 11 is 0. The van der Waals surface area contributed by atoms with Crippen LogP contribution in [0.2, 0.25) is 0 Å². The highest BCUT2D eigenvalue weighted by atomic mass is 16.5. The summed E-state index contributed by atoms with van der Waals surface area (Å²) in [6, 6.07) is 7.45. The summed E-state index contributed by atoms with van der Waals surface area (Å²) in [5.41, 5.74) is 4.19. The molecule has 1 aromatic carbocycles. The highest BCUT2D eigenvalue weighted by Gasteiger charge is 2.53. The highest BCUT2D eigenvalue weighted by Crippen LogP contribution is 2.54. The Bertz CT molecular complexity index is 886. The Balaban J connectivity index is 1.61. The highest BCUT2D eigenvalue weighted by molar-refractivity contribution is 5.86. The van der Waals surface area contributed by atoms with E-state index >= 15 is 0 Å². The third kappa shape index (κ3) is 2.56. The Morgan fingerprint density at radius 1 is 1.33 bits per heavy atom. The van der Waals surface area contributed by atoms with E-state index in [1.165, 1.54) is 41.4 Å². The lowest BCUT2D eigenvalue weighted by Crippen LogP contribution is -2.61. The second-order valence-corrected chi connectivity index (χ2v) is 8.89. The van der Waals surface area contributed by atoms with Crippen molar-refractivity contribution in [2.75, 3.05) is 13.7 Å². The SMILES string of the molecule is CC[C@H]1C[C@H]2C[C@H]3c4[nH]c5ccc(OC)cc5c4CCN([C@@H]13)[C@@H]2CC(C)=O. The van der Waals surface area contributed by atoms with Crippen molar-refractivity contribution >= 4 is 16.7 Å². The van der Waals surface area contributed by atoms with Crippen LogP contribution in [0.1, 0.15) is 56.7 Å². The lowest BCUT2D eigenvalue weighted by atomic mass is 9.62. The second-order valence-electron chi connectivity index (χ2n) is 8.89. The van der Waals surface area contributed by atoms with E-state index in [1.807, 2.05) is 0 Å². The number of nitrogens with zero attached hydrogens (tertiary/aromatic N) is 1. The zero-order valence-corrected chi connectivity index (χ0v) is 16.6. The van der Waals surface area contributed by atoms with Crippen LogP contribution in [0.25, 0.3) is 10.9 Å². The van der Waals surface area contributed by atoms with Gasteiger partial charge in [0, 0.05) is 47.6 Å². The minimum absolute atomic E-state index is 0.343. The normalized spacial score (nSPS) is 34.3. The minimum atomic E-state index is 0.343. The number of fused-ring (bicyclic) bond motifs is 4. The molecule has 0 spiro atoms. The molecule has 0 amide bonds. The molecular formula is C23H30N2O2. The van der Waals surface area contributed by atoms with Crippen LogP contribution in [0, 0.1) is 11.8 Å². The monoisotopic (exact) mass is 366 g/mol. The van der Waals surface area contributed by atoms with E-state index in [9.17, 15) is 4.79 Å². The Morgan fingerprint density at radius 3 is 2.93 bits per heavy atom. The molecule has 1 unspecified atom stereocenters. The maximum Gasteiger partial charge on any atom is 0.131 e. The number of aromatic amines is 1. The van der Waals surface area contributed by atoms with Crippen molar-refractivity contribution in [3.8, 4) is 5.75 Å². The number of aromatic nitrogens is 1. The van der Waals surface area contributed by atoms with E-state index in [4.69, 9.17) is 4.74 Å². The Morgan fingerprint density at radius 2 is 2.19 bits per heavy atom. The first-order valence-corrected chi connectivity index (χ1v) is 10.5. The zero-order valence-electron chi connectivity index (χ0n) is 16.6. The average Bonchev–Trinajstić information content (AvgIpc) is 2.97. The van der Waals surface area contributed by atoms with Crippen molar-refractivity contribution < 1.29 is 9.53 Å². The summed E-state index contributed by atoms with van der Waals surface area (Å²) in [6.07, 6.45) is 5.56. The smallest absolute Gasteiger partial charge is 0.131 e. The molecule has 1 aromatic heterocycles. The molecule has 144 valence electrons. The number of hydrogen-bond donors (Lipinski definition) is 1. The number of rotatable bonds is 4. The minimum Gasteiger partial charge on any atom is -0.497 e. The van der Waals surface area contributed by atoms with Crippen molar-refractivity contribution in [1.29, 1.82) is 0 Å². The van der Waals surface area contributed by atoms with Gasteiger partial charge in [-0.1, -0.05) is 13.3 Å². The summed E-state index contributed by atoms with van der Waals surface area (Å²) in [7, 11) is 1.74. The Labute approximate surface area is 161 Å². The first kappa shape index (κ1) is 17.3. The molecule has 6 rings (SSSR count). The number of piperidine rings is 2. The average molecular weight is 367 g/mol. The molecule has 1 aliphatic carbocycles. The second kappa shape index (κ2) is 6.37. The largest absolute Gasteiger partial charge is 0.497 e. The van der Waals surface area contributed by atoms with Crippen LogP contribution in [0.15, 0.2) is 18.2 Å². The number of hydrogen-bond acceptors (Lipinski definition) is 3. The third-order valence-electron chi connectivity index (χ3n) is 7.57. The molecular weight excluding hydrogens is 336 g/mol. The molecule has 1 saturated carbocycles. The summed E-state index contributed by atoms with van der Waals surface area (Å²) in [4.78, 5) is 18.5. The fourth-order valence-corrected chi connectivity index (χ4v) is 6.52. The van der Waals surface area contributed by atoms with Gasteiger partial charge in [0.1, 0.15) is 11.5 Å². The van der Waals surface area contributed by atoms with Gasteiger partial charge in [0.05, 0.1) is 7.11 Å². The Hall–Kier alpha value is -1.81. The summed E-state index contributed by atoms with van der Waals surface area (Å²) in [5.74, 6) is 3.26. The number of ketones is 1. The molecule has 4 heteroatoms. The molecule has 3 fully saturated rings. The lowest BCUT2D eigenvalue weighted by molar-refractivity contribution is -0.123. The number of carbonyl (C=O) groups is 1. The molecule has 2 aromatic rings. The van der Waals surface area contributed by atoms with Crippen LogP contribution < -0.4 is 4.74 Å². The number of carbonyl (C=O) groups excluding carboxylic acids is 1. The number of nitrogens with one attached hydrogen (secondary N) is 1. The van der Waals surface area contributed by atoms with Crippen LogP contribution in [0.4, 0.5) is 0 Å². The molecule has 6 atom stereocenters. The predicted molar refractivity (Wildman–Crippen MR) is 107 cm³/mol. The maximum atomic E-state index is 12.0. The van der Waals surface area contributed by atoms with Gasteiger partial charge in [0.2, 0.25) is 0 Å². The lowest BCUT2D eigenvalue weighted by Gasteiger charge is -2.57. The topological polar surface area (TPSA) is 45.3 Å². The number of H-pyrrole nitrogens is 1. The maximum absolute atomic E-state index is 12.0. The molecule has 27 heavy (non-hydrogen) atoms. The number of benzene rings is 1. The first-order valence-electron chi connectivity index (χ1n) is 10.5. The quantitative estimate of drug-likeness (QED) is 0.878. The Kier molecular flexibility index (Phi) is 4.08. The zero-order chi connectivity index (χ0) is 18.7. The van der Waals surface area contributed by atoms with Crippen molar-refractivity contribution in [3.05, 3.63) is 29.5 Å². The third-order valence-corrected chi connectivity index (χ3v) is 7.57. The van der Waals surface area contributed by atoms with Gasteiger partial charge in [-0.25, -0.2) is 0 Å². The first-order chi connectivity index (χ1) is 13.1. The van der Waals surface area contributed by atoms with E-state index in [0.29, 0.717) is 29.7 Å². The fraction of sp³-hybridized carbons (Fsp3) is 0.609. The predicted octanol–water partition coefficient (Wildman–Crippen LogP) is 4.28. The summed E-state index contributed by atoms with van der Waals surface area (Å²) in [5, 5.41) is 1.32. The van der Waals surface area contributed by atoms with Crippen molar-refractivity contribution in [2.24, 2.45) is 11.8 Å². The molecule has 4 heterocycles. The van der Waals surface area contributed by atoms with E-state index in [0.717, 1.165) is 31.1 Å². The van der Waals surface area contributed by atoms with Gasteiger partial charge in [-0.05, 0) is 61.8 Å². The molecule has 0 radical (unpaired) electrons. The summed E-state index contributed by atoms with van der Waals surface area (Å²) < 4.78 is 5.48. The van der Waals surface area contributed by atoms with Gasteiger partial charge < -0.3 is 9.72 Å². The van der Waals surface area contributed by atoms with E-state index in [2.05, 4.69) is 35.0 Å². The van der Waals surface area contributed by atoms with Crippen molar-refractivity contribution in [2.45, 2.75) is 64.0 Å². The standard InChI is InChI=1S/C23H30N2O2/c1-4-14-10-15-11-19-22-17(18-12-16(27-3)5-6-20(18)24-22)7-8-25(23(14)19)21(15)9-13(2)26/h5-6,12,14-15,19,21,23-24H,4,7-11H2,1-3H3/t14-,15-,19-,21+,23-/m0/s1. The van der Waals surface area contributed by atoms with Crippen molar-refractivity contribution in [3.63, 3.8) is 0 Å². The number of ether oxygens (including phenoxy) is 1. The van der Waals surface area contributed by atoms with Crippen LogP contribution in [0.3, 0.4) is 0 Å². The van der Waals surface area contributed by atoms with E-state index in [-0.39, 0.29) is 0 Å². The van der Waals surface area contributed by atoms with Crippen LogP contribution in [-0.2, 0) is 11.2 Å². The molecule has 4 bridgehead atoms. The van der Waals surface area contributed by atoms with Gasteiger partial charge in [0.25, 0.3) is 0 Å². The fourth-order valence-electron chi connectivity index (χ4n) is 6.52. The number of methoxy groups -OCH3 is 1. The van der Waals surface area contributed by atoms with E-state index < -0.39 is 0 Å². The summed E-state index contributed by atoms with van der Waals surface area (Å²) in [6.45, 7) is 5.18. The number of Topliss-reactive ketones (excluding diaryl/α,β-unsaturated/α-hetero) is 1. The molecule has 4 aliphatic rings. The van der Waals surface area contributed by atoms with Crippen LogP contribution in [-0.4, -0.2) is 41.4 Å². The molecule has 3 aliphatic heterocycles. The van der Waals surface area contributed by atoms with Crippen molar-refractivity contribution in [1.82, 2.24) is 9.88 Å². The van der Waals surface area contributed by atoms with Gasteiger partial charge in [-0.3, -0.25) is 9.69 Å². The molecule has 4 nitrogen and oxygen atoms in total. The van der Waals surface area contributed by atoms with Gasteiger partial charge >= 0.3 is 0 Å². The van der Waals surface area contributed by atoms with Gasteiger partial charge in [-0.15, -0.1) is 0 Å². The van der Waals surface area contributed by atoms with E-state index in [1.54, 1.807) is 14.0 Å². The van der Waals surface area contributed by atoms with Crippen LogP contribution in [0.5, 0.6) is 5.75 Å². The molecule has 2 saturated heterocycles.